The van der Waals surface area contributed by atoms with E-state index in [1.165, 1.54) is 0 Å². The normalized spacial score (nSPS) is 12.0. The molecule has 4 aromatic carbocycles. The summed E-state index contributed by atoms with van der Waals surface area (Å²) in [7, 11) is 0. The smallest absolute Gasteiger partial charge is 0.333 e. The van der Waals surface area contributed by atoms with Crippen LogP contribution in [-0.4, -0.2) is 88.1 Å². The van der Waals surface area contributed by atoms with Crippen LogP contribution in [0.2, 0.25) is 0 Å². The van der Waals surface area contributed by atoms with E-state index in [-0.39, 0.29) is 26.4 Å². The van der Waals surface area contributed by atoms with E-state index in [9.17, 15) is 9.59 Å². The molecule has 0 aliphatic carbocycles. The summed E-state index contributed by atoms with van der Waals surface area (Å²) in [5.41, 5.74) is 6.37. The Morgan fingerprint density at radius 1 is 0.452 bits per heavy atom. The predicted molar refractivity (Wildman–Crippen MR) is 266 cm³/mol. The highest BCUT2D eigenvalue weighted by atomic mass is 32.2. The average molecular weight is 955 g/mol. The van der Waals surface area contributed by atoms with E-state index < -0.39 is 24.1 Å². The number of esters is 2. The van der Waals surface area contributed by atoms with Crippen LogP contribution in [0.3, 0.4) is 0 Å². The highest BCUT2D eigenvalue weighted by Crippen LogP contribution is 2.42. The minimum Gasteiger partial charge on any atom is -0.489 e. The topological polar surface area (TPSA) is 89.5 Å². The fourth-order valence-electron chi connectivity index (χ4n) is 6.36. The van der Waals surface area contributed by atoms with Gasteiger partial charge in [0.2, 0.25) is 0 Å². The third-order valence-electron chi connectivity index (χ3n) is 9.49. The van der Waals surface area contributed by atoms with E-state index in [1.807, 2.05) is 52.7 Å². The van der Waals surface area contributed by atoms with Crippen LogP contribution in [0.1, 0.15) is 36.1 Å². The van der Waals surface area contributed by atoms with Crippen LogP contribution in [0.25, 0.3) is 11.1 Å². The first-order chi connectivity index (χ1) is 29.6. The van der Waals surface area contributed by atoms with Crippen LogP contribution in [0.5, 0.6) is 23.0 Å². The van der Waals surface area contributed by atoms with Gasteiger partial charge in [0, 0.05) is 20.9 Å². The molecule has 0 aliphatic rings. The van der Waals surface area contributed by atoms with Crippen molar-refractivity contribution in [3.8, 4) is 34.1 Å². The number of thioether (sulfide) groups is 6. The Hall–Kier alpha value is -3.40. The standard InChI is InChI=1S/C48H58O8S6/c1-27(2)47(49)55-35(25-53-45-39(59-11)19-37(57-9)20-40(45)60-12)23-51-43-29(5)15-33(16-30(43)6)34-17-31(7)44(32(8)18-34)52-24-36(56-48(50)28(3)4)26-54-46-41(61-13)21-38(58-10)22-42(46)62-14/h15-22,35-36H,1,3,23-26H2,2,4-14H3. The van der Waals surface area contributed by atoms with Gasteiger partial charge in [-0.05, 0) is 161 Å². The Morgan fingerprint density at radius 3 is 0.935 bits per heavy atom. The lowest BCUT2D eigenvalue weighted by atomic mass is 9.96. The number of ether oxygens (including phenoxy) is 6. The maximum Gasteiger partial charge on any atom is 0.333 e. The molecule has 0 aromatic heterocycles. The van der Waals surface area contributed by atoms with Crippen LogP contribution in [-0.2, 0) is 19.1 Å². The molecule has 14 heteroatoms. The first-order valence-corrected chi connectivity index (χ1v) is 27.0. The van der Waals surface area contributed by atoms with Crippen molar-refractivity contribution in [1.82, 2.24) is 0 Å². The molecule has 0 amide bonds. The van der Waals surface area contributed by atoms with Crippen LogP contribution in [0.4, 0.5) is 0 Å². The van der Waals surface area contributed by atoms with Crippen molar-refractivity contribution >= 4 is 82.5 Å². The number of hydrogen-bond donors (Lipinski definition) is 0. The van der Waals surface area contributed by atoms with Gasteiger partial charge in [-0.1, -0.05) is 13.2 Å². The van der Waals surface area contributed by atoms with E-state index in [0.29, 0.717) is 22.6 Å². The van der Waals surface area contributed by atoms with Crippen molar-refractivity contribution in [2.24, 2.45) is 0 Å². The second-order valence-corrected chi connectivity index (χ2v) is 19.6. The average Bonchev–Trinajstić information content (AvgIpc) is 3.25. The molecule has 2 unspecified atom stereocenters. The largest absolute Gasteiger partial charge is 0.489 e. The van der Waals surface area contributed by atoms with Gasteiger partial charge >= 0.3 is 11.9 Å². The van der Waals surface area contributed by atoms with E-state index in [1.54, 1.807) is 84.4 Å². The molecule has 334 valence electrons. The molecule has 0 bridgehead atoms. The highest BCUT2D eigenvalue weighted by Gasteiger charge is 2.23. The SMILES string of the molecule is C=C(C)C(=O)OC(COc1c(C)cc(-c2cc(C)c(OCC(COc3c(SC)cc(SC)cc3SC)OC(=O)C(=C)C)c(C)c2)cc1C)COc1c(SC)cc(SC)cc1SC. The number of carbonyl (C=O) groups excluding carboxylic acids is 2. The maximum absolute atomic E-state index is 12.7. The van der Waals surface area contributed by atoms with Crippen molar-refractivity contribution in [3.05, 3.63) is 95.1 Å². The molecule has 0 aliphatic heterocycles. The Kier molecular flexibility index (Phi) is 20.3. The number of carbonyl (C=O) groups is 2. The summed E-state index contributed by atoms with van der Waals surface area (Å²) in [5.74, 6) is 1.95. The number of aryl methyl sites for hydroxylation is 4. The Balaban J connectivity index is 1.52. The van der Waals surface area contributed by atoms with Crippen molar-refractivity contribution < 1.29 is 38.0 Å². The molecule has 0 N–H and O–H groups in total. The molecule has 62 heavy (non-hydrogen) atoms. The monoisotopic (exact) mass is 954 g/mol. The van der Waals surface area contributed by atoms with Gasteiger partial charge in [0.1, 0.15) is 49.4 Å². The zero-order valence-corrected chi connectivity index (χ0v) is 42.6. The summed E-state index contributed by atoms with van der Waals surface area (Å²) in [5, 5.41) is 0. The zero-order valence-electron chi connectivity index (χ0n) is 37.7. The molecule has 0 saturated heterocycles. The Labute approximate surface area is 394 Å². The number of benzene rings is 4. The molecule has 4 rings (SSSR count). The van der Waals surface area contributed by atoms with Gasteiger partial charge < -0.3 is 28.4 Å². The lowest BCUT2D eigenvalue weighted by Crippen LogP contribution is -2.31. The summed E-state index contributed by atoms with van der Waals surface area (Å²) in [6.45, 7) is 19.2. The third kappa shape index (κ3) is 13.8. The first kappa shape index (κ1) is 51.2. The van der Waals surface area contributed by atoms with Gasteiger partial charge in [-0.2, -0.15) is 0 Å². The second kappa shape index (κ2) is 24.6. The minimum atomic E-state index is -0.692. The van der Waals surface area contributed by atoms with Crippen molar-refractivity contribution in [3.63, 3.8) is 0 Å². The molecule has 0 heterocycles. The van der Waals surface area contributed by atoms with E-state index in [4.69, 9.17) is 28.4 Å². The second-order valence-electron chi connectivity index (χ2n) is 14.5. The Morgan fingerprint density at radius 2 is 0.710 bits per heavy atom. The predicted octanol–water partition coefficient (Wildman–Crippen LogP) is 12.8. The van der Waals surface area contributed by atoms with E-state index in [0.717, 1.165) is 74.3 Å². The van der Waals surface area contributed by atoms with Gasteiger partial charge in [0.05, 0.1) is 19.6 Å². The highest BCUT2D eigenvalue weighted by molar-refractivity contribution is 8.00. The lowest BCUT2D eigenvalue weighted by molar-refractivity contribution is -0.148. The summed E-state index contributed by atoms with van der Waals surface area (Å²) in [4.78, 5) is 31.8. The molecule has 0 saturated carbocycles. The molecule has 0 spiro atoms. The third-order valence-corrected chi connectivity index (χ3v) is 13.9. The van der Waals surface area contributed by atoms with Crippen LogP contribution in [0, 0.1) is 27.7 Å². The quantitative estimate of drug-likeness (QED) is 0.0401. The Bertz CT molecular complexity index is 2000. The van der Waals surface area contributed by atoms with Gasteiger partial charge in [-0.3, -0.25) is 0 Å². The summed E-state index contributed by atoms with van der Waals surface area (Å²) in [6.07, 6.45) is 10.8. The fraction of sp³-hybridized carbons (Fsp3) is 0.375. The van der Waals surface area contributed by atoms with Crippen molar-refractivity contribution in [2.75, 3.05) is 64.0 Å². The summed E-state index contributed by atoms with van der Waals surface area (Å²) in [6, 6.07) is 16.8. The van der Waals surface area contributed by atoms with Crippen LogP contribution < -0.4 is 18.9 Å². The van der Waals surface area contributed by atoms with Crippen LogP contribution >= 0.6 is 70.6 Å². The summed E-state index contributed by atoms with van der Waals surface area (Å²) >= 11 is 9.82. The molecule has 0 radical (unpaired) electrons. The van der Waals surface area contributed by atoms with Crippen LogP contribution in [0.15, 0.2) is 102 Å². The maximum atomic E-state index is 12.7. The zero-order chi connectivity index (χ0) is 45.7. The van der Waals surface area contributed by atoms with Gasteiger partial charge in [-0.25, -0.2) is 9.59 Å². The molecule has 0 fully saturated rings. The van der Waals surface area contributed by atoms with Gasteiger partial charge in [0.25, 0.3) is 0 Å². The molecular weight excluding hydrogens is 897 g/mol. The van der Waals surface area contributed by atoms with Gasteiger partial charge in [-0.15, -0.1) is 70.6 Å². The van der Waals surface area contributed by atoms with Crippen molar-refractivity contribution in [1.29, 1.82) is 0 Å². The number of rotatable bonds is 23. The summed E-state index contributed by atoms with van der Waals surface area (Å²) < 4.78 is 37.2. The molecule has 4 aromatic rings. The fourth-order valence-corrected chi connectivity index (χ4v) is 10.1. The molecular formula is C48H58O8S6. The molecule has 2 atom stereocenters. The van der Waals surface area contributed by atoms with Crippen molar-refractivity contribution in [2.45, 2.75) is 83.1 Å². The minimum absolute atomic E-state index is 0.0892. The van der Waals surface area contributed by atoms with E-state index >= 15 is 0 Å². The number of hydrogen-bond acceptors (Lipinski definition) is 14. The van der Waals surface area contributed by atoms with E-state index in [2.05, 4.69) is 74.2 Å². The first-order valence-electron chi connectivity index (χ1n) is 19.6. The molecule has 8 nitrogen and oxygen atoms in total. The van der Waals surface area contributed by atoms with Gasteiger partial charge in [0.15, 0.2) is 12.2 Å². The lowest BCUT2D eigenvalue weighted by Gasteiger charge is -2.23.